The van der Waals surface area contributed by atoms with Crippen LogP contribution < -0.4 is 9.80 Å². The Kier molecular flexibility index (Phi) is 13.4. The first kappa shape index (κ1) is 31.2. The number of anilines is 3. The second-order valence-electron chi connectivity index (χ2n) is 9.19. The van der Waals surface area contributed by atoms with Crippen molar-refractivity contribution >= 4 is 22.6 Å². The highest BCUT2D eigenvalue weighted by Gasteiger charge is 2.19. The molecule has 2 heteroatoms. The molecular formula is C37H46N2. The third kappa shape index (κ3) is 9.04. The van der Waals surface area contributed by atoms with Crippen LogP contribution in [0, 0.1) is 6.92 Å². The van der Waals surface area contributed by atoms with E-state index in [0.29, 0.717) is 6.04 Å². The molecule has 204 valence electrons. The first-order valence-electron chi connectivity index (χ1n) is 14.0. The maximum Gasteiger partial charge on any atom is 0.0508 e. The van der Waals surface area contributed by atoms with Crippen LogP contribution in [0.1, 0.15) is 52.2 Å². The number of hydrogen-bond donors (Lipinski definition) is 0. The Balaban J connectivity index is 0.000000686. The predicted octanol–water partition coefficient (Wildman–Crippen LogP) is 10.7. The van der Waals surface area contributed by atoms with Gasteiger partial charge >= 0.3 is 0 Å². The van der Waals surface area contributed by atoms with Crippen LogP contribution in [-0.4, -0.2) is 13.1 Å². The molecule has 3 aromatic rings. The summed E-state index contributed by atoms with van der Waals surface area (Å²) in [4.78, 5) is 4.69. The van der Waals surface area contributed by atoms with Gasteiger partial charge in [0.2, 0.25) is 0 Å². The quantitative estimate of drug-likeness (QED) is 0.287. The molecule has 0 aromatic heterocycles. The average molecular weight is 519 g/mol. The monoisotopic (exact) mass is 518 g/mol. The Labute approximate surface area is 238 Å². The summed E-state index contributed by atoms with van der Waals surface area (Å²) in [6, 6.07) is 28.6. The second kappa shape index (κ2) is 16.7. The highest BCUT2D eigenvalue weighted by Crippen LogP contribution is 2.33. The number of aryl methyl sites for hydroxylation is 1. The van der Waals surface area contributed by atoms with Gasteiger partial charge in [-0.25, -0.2) is 0 Å². The standard InChI is InChI=1S/C30H32N2.C5H8.C2H6/c1-5-24(3)25-13-17-29(18-14-25)32(28-9-7-6-8-10-28)30-21-19-27(20-22-30)31(4)26-15-11-23(2)12-16-26;1-3-5-4-2;1-2/h5-19,21-22,27H,20H2,1-4H3;3-5H,1H2,2H3;1-2H3/b24-5+;5-4-;. The maximum absolute atomic E-state index is 3.46. The minimum atomic E-state index is 0.346. The summed E-state index contributed by atoms with van der Waals surface area (Å²) in [5.74, 6) is 0. The van der Waals surface area contributed by atoms with Gasteiger partial charge in [-0.15, -0.1) is 0 Å². The van der Waals surface area contributed by atoms with Crippen LogP contribution in [-0.2, 0) is 0 Å². The minimum Gasteiger partial charge on any atom is -0.368 e. The summed E-state index contributed by atoms with van der Waals surface area (Å²) >= 11 is 0. The molecule has 0 radical (unpaired) electrons. The van der Waals surface area contributed by atoms with Gasteiger partial charge in [-0.05, 0) is 87.7 Å². The number of para-hydroxylation sites is 1. The van der Waals surface area contributed by atoms with E-state index in [1.54, 1.807) is 6.08 Å². The summed E-state index contributed by atoms with van der Waals surface area (Å²) in [7, 11) is 2.18. The van der Waals surface area contributed by atoms with Crippen molar-refractivity contribution in [3.8, 4) is 0 Å². The van der Waals surface area contributed by atoms with Crippen molar-refractivity contribution in [1.82, 2.24) is 0 Å². The van der Waals surface area contributed by atoms with Crippen LogP contribution in [0.5, 0.6) is 0 Å². The lowest BCUT2D eigenvalue weighted by atomic mass is 10.0. The van der Waals surface area contributed by atoms with Crippen LogP contribution in [0.4, 0.5) is 17.1 Å². The molecule has 0 saturated heterocycles. The van der Waals surface area contributed by atoms with Gasteiger partial charge in [-0.3, -0.25) is 0 Å². The first-order chi connectivity index (χ1) is 19.0. The molecule has 0 aliphatic heterocycles. The highest BCUT2D eigenvalue weighted by molar-refractivity contribution is 5.73. The molecule has 0 amide bonds. The molecule has 0 fully saturated rings. The molecular weight excluding hydrogens is 472 g/mol. The SMILES string of the molecule is C/C=C(\C)c1ccc(N(C2=CCC(N(C)c3ccc(C)cc3)C=C2)c2ccccc2)cc1.C=C/C=C\C.CC. The molecule has 1 aliphatic rings. The van der Waals surface area contributed by atoms with E-state index in [4.69, 9.17) is 0 Å². The Morgan fingerprint density at radius 3 is 1.92 bits per heavy atom. The molecule has 1 unspecified atom stereocenters. The molecule has 2 nitrogen and oxygen atoms in total. The van der Waals surface area contributed by atoms with Gasteiger partial charge < -0.3 is 9.80 Å². The number of hydrogen-bond acceptors (Lipinski definition) is 2. The largest absolute Gasteiger partial charge is 0.368 e. The highest BCUT2D eigenvalue weighted by atomic mass is 15.2. The lowest BCUT2D eigenvalue weighted by molar-refractivity contribution is 0.747. The van der Waals surface area contributed by atoms with Crippen LogP contribution in [0.3, 0.4) is 0 Å². The van der Waals surface area contributed by atoms with Crippen molar-refractivity contribution < 1.29 is 0 Å². The molecule has 1 atom stereocenters. The van der Waals surface area contributed by atoms with Gasteiger partial charge in [0.15, 0.2) is 0 Å². The Morgan fingerprint density at radius 1 is 0.846 bits per heavy atom. The zero-order valence-electron chi connectivity index (χ0n) is 24.9. The van der Waals surface area contributed by atoms with Crippen molar-refractivity contribution in [2.24, 2.45) is 0 Å². The van der Waals surface area contributed by atoms with Crippen LogP contribution in [0.15, 0.2) is 134 Å². The normalized spacial score (nSPS) is 14.4. The first-order valence-corrected chi connectivity index (χ1v) is 14.0. The van der Waals surface area contributed by atoms with E-state index in [-0.39, 0.29) is 0 Å². The third-order valence-electron chi connectivity index (χ3n) is 6.61. The zero-order chi connectivity index (χ0) is 28.6. The van der Waals surface area contributed by atoms with Gasteiger partial charge in [-0.2, -0.15) is 0 Å². The van der Waals surface area contributed by atoms with E-state index in [9.17, 15) is 0 Å². The van der Waals surface area contributed by atoms with E-state index in [2.05, 4.69) is 147 Å². The van der Waals surface area contributed by atoms with Gasteiger partial charge in [-0.1, -0.05) is 105 Å². The fraction of sp³-hybridized carbons (Fsp3) is 0.243. The van der Waals surface area contributed by atoms with Crippen LogP contribution in [0.25, 0.3) is 5.57 Å². The van der Waals surface area contributed by atoms with Gasteiger partial charge in [0, 0.05) is 29.8 Å². The summed E-state index contributed by atoms with van der Waals surface area (Å²) in [5, 5.41) is 0. The number of rotatable bonds is 7. The molecule has 0 heterocycles. The van der Waals surface area contributed by atoms with Crippen molar-refractivity contribution in [3.63, 3.8) is 0 Å². The number of allylic oxidation sites excluding steroid dienone is 6. The van der Waals surface area contributed by atoms with Crippen molar-refractivity contribution in [2.75, 3.05) is 16.8 Å². The van der Waals surface area contributed by atoms with Gasteiger partial charge in [0.25, 0.3) is 0 Å². The molecule has 0 spiro atoms. The minimum absolute atomic E-state index is 0.346. The van der Waals surface area contributed by atoms with Crippen molar-refractivity contribution in [3.05, 3.63) is 145 Å². The van der Waals surface area contributed by atoms with E-state index < -0.39 is 0 Å². The smallest absolute Gasteiger partial charge is 0.0508 e. The topological polar surface area (TPSA) is 6.48 Å². The Bertz CT molecular complexity index is 1240. The van der Waals surface area contributed by atoms with E-state index in [0.717, 1.165) is 6.42 Å². The molecule has 0 bridgehead atoms. The number of nitrogens with zero attached hydrogens (tertiary/aromatic N) is 2. The summed E-state index contributed by atoms with van der Waals surface area (Å²) < 4.78 is 0. The van der Waals surface area contributed by atoms with E-state index in [1.807, 2.05) is 32.9 Å². The predicted molar refractivity (Wildman–Crippen MR) is 176 cm³/mol. The fourth-order valence-corrected chi connectivity index (χ4v) is 4.22. The fourth-order valence-electron chi connectivity index (χ4n) is 4.22. The zero-order valence-corrected chi connectivity index (χ0v) is 24.9. The summed E-state index contributed by atoms with van der Waals surface area (Å²) in [5.41, 5.74) is 8.64. The molecule has 0 saturated carbocycles. The molecule has 3 aromatic carbocycles. The Morgan fingerprint density at radius 2 is 1.44 bits per heavy atom. The molecule has 1 aliphatic carbocycles. The molecule has 4 rings (SSSR count). The third-order valence-corrected chi connectivity index (χ3v) is 6.61. The van der Waals surface area contributed by atoms with Crippen molar-refractivity contribution in [1.29, 1.82) is 0 Å². The van der Waals surface area contributed by atoms with Gasteiger partial charge in [0.05, 0.1) is 6.04 Å². The van der Waals surface area contributed by atoms with Crippen LogP contribution in [0.2, 0.25) is 0 Å². The van der Waals surface area contributed by atoms with E-state index in [1.165, 1.54) is 39.5 Å². The average Bonchev–Trinajstić information content (AvgIpc) is 3.00. The van der Waals surface area contributed by atoms with Crippen molar-refractivity contribution in [2.45, 2.75) is 54.0 Å². The summed E-state index contributed by atoms with van der Waals surface area (Å²) in [6.07, 6.45) is 15.6. The Hall–Kier alpha value is -4.04. The van der Waals surface area contributed by atoms with Crippen LogP contribution >= 0.6 is 0 Å². The number of likely N-dealkylation sites (N-methyl/N-ethyl adjacent to an activating group) is 1. The lowest BCUT2D eigenvalue weighted by Gasteiger charge is -2.32. The van der Waals surface area contributed by atoms with E-state index >= 15 is 0 Å². The second-order valence-corrected chi connectivity index (χ2v) is 9.19. The molecule has 0 N–H and O–H groups in total. The summed E-state index contributed by atoms with van der Waals surface area (Å²) in [6.45, 7) is 15.8. The van der Waals surface area contributed by atoms with Gasteiger partial charge in [0.1, 0.15) is 0 Å². The maximum atomic E-state index is 3.46. The number of benzene rings is 3. The lowest BCUT2D eigenvalue weighted by Crippen LogP contribution is -2.31. The molecule has 39 heavy (non-hydrogen) atoms.